The smallest absolute Gasteiger partial charge is 0.130 e. The molecule has 0 aliphatic rings. The van der Waals surface area contributed by atoms with Gasteiger partial charge in [-0.15, -0.1) is 0 Å². The maximum Gasteiger partial charge on any atom is 0.130 e. The summed E-state index contributed by atoms with van der Waals surface area (Å²) in [6.07, 6.45) is 0.403. The number of rotatable bonds is 5. The van der Waals surface area contributed by atoms with Crippen molar-refractivity contribution in [2.24, 2.45) is 0 Å². The molecular formula is C15H13O3-. The summed E-state index contributed by atoms with van der Waals surface area (Å²) >= 11 is 0. The van der Waals surface area contributed by atoms with E-state index in [1.165, 1.54) is 0 Å². The Bertz CT molecular complexity index is 520. The fourth-order valence-corrected chi connectivity index (χ4v) is 1.66. The maximum absolute atomic E-state index is 10.5. The quantitative estimate of drug-likeness (QED) is 0.806. The predicted octanol–water partition coefficient (Wildman–Crippen LogP) is 2.16. The number of hydrogen-bond acceptors (Lipinski definition) is 3. The summed E-state index contributed by atoms with van der Waals surface area (Å²) < 4.78 is 5.73. The molecule has 0 saturated heterocycles. The van der Waals surface area contributed by atoms with Gasteiger partial charge in [0.2, 0.25) is 0 Å². The second-order valence-electron chi connectivity index (χ2n) is 3.89. The van der Waals surface area contributed by atoms with Crippen LogP contribution in [-0.2, 0) is 11.2 Å². The molecule has 0 heterocycles. The second kappa shape index (κ2) is 5.87. The third-order valence-electron chi connectivity index (χ3n) is 2.54. The van der Waals surface area contributed by atoms with Gasteiger partial charge in [0.25, 0.3) is 0 Å². The lowest BCUT2D eigenvalue weighted by Crippen LogP contribution is -2.22. The molecule has 2 rings (SSSR count). The molecule has 0 N–H and O–H groups in total. The second-order valence-corrected chi connectivity index (χ2v) is 3.89. The Balaban J connectivity index is 2.14. The maximum atomic E-state index is 10.5. The van der Waals surface area contributed by atoms with Crippen LogP contribution in [0, 0.1) is 0 Å². The van der Waals surface area contributed by atoms with E-state index in [0.717, 1.165) is 11.3 Å². The van der Waals surface area contributed by atoms with E-state index in [2.05, 4.69) is 0 Å². The van der Waals surface area contributed by atoms with E-state index in [4.69, 9.17) is 4.74 Å². The number of benzene rings is 2. The van der Waals surface area contributed by atoms with Crippen LogP contribution in [0.15, 0.2) is 54.6 Å². The molecule has 2 aromatic rings. The molecule has 0 atom stereocenters. The van der Waals surface area contributed by atoms with Gasteiger partial charge in [-0.3, -0.25) is 0 Å². The Morgan fingerprint density at radius 1 is 1.00 bits per heavy atom. The number of carboxylic acid groups (broad SMARTS) is 1. The molecule has 0 aromatic heterocycles. The molecule has 0 unspecified atom stereocenters. The molecule has 0 radical (unpaired) electrons. The highest BCUT2D eigenvalue weighted by Gasteiger charge is 2.04. The first-order valence-corrected chi connectivity index (χ1v) is 5.76. The lowest BCUT2D eigenvalue weighted by Gasteiger charge is -2.11. The van der Waals surface area contributed by atoms with Crippen molar-refractivity contribution >= 4 is 5.97 Å². The fourth-order valence-electron chi connectivity index (χ4n) is 1.66. The third kappa shape index (κ3) is 3.35. The van der Waals surface area contributed by atoms with E-state index < -0.39 is 5.97 Å². The SMILES string of the molecule is O=C([O-])CCc1ccccc1Oc1ccccc1. The van der Waals surface area contributed by atoms with E-state index in [9.17, 15) is 9.90 Å². The van der Waals surface area contributed by atoms with E-state index in [1.54, 1.807) is 0 Å². The van der Waals surface area contributed by atoms with Crippen molar-refractivity contribution in [1.29, 1.82) is 0 Å². The van der Waals surface area contributed by atoms with Crippen LogP contribution in [0.1, 0.15) is 12.0 Å². The van der Waals surface area contributed by atoms with Crippen molar-refractivity contribution < 1.29 is 14.6 Å². The van der Waals surface area contributed by atoms with Crippen LogP contribution in [0.4, 0.5) is 0 Å². The molecule has 0 bridgehead atoms. The van der Waals surface area contributed by atoms with Gasteiger partial charge in [-0.1, -0.05) is 36.4 Å². The Kier molecular flexibility index (Phi) is 3.97. The topological polar surface area (TPSA) is 49.4 Å². The van der Waals surface area contributed by atoms with Gasteiger partial charge in [-0.2, -0.15) is 0 Å². The normalized spacial score (nSPS) is 10.0. The highest BCUT2D eigenvalue weighted by Crippen LogP contribution is 2.25. The minimum Gasteiger partial charge on any atom is -0.550 e. The number of carboxylic acids is 1. The van der Waals surface area contributed by atoms with E-state index in [0.29, 0.717) is 12.2 Å². The average molecular weight is 241 g/mol. The summed E-state index contributed by atoms with van der Waals surface area (Å²) in [5.41, 5.74) is 0.866. The van der Waals surface area contributed by atoms with E-state index in [-0.39, 0.29) is 6.42 Å². The summed E-state index contributed by atoms with van der Waals surface area (Å²) in [6, 6.07) is 16.8. The average Bonchev–Trinajstić information content (AvgIpc) is 2.39. The Hall–Kier alpha value is -2.29. The molecule has 0 aliphatic heterocycles. The van der Waals surface area contributed by atoms with Crippen molar-refractivity contribution in [3.05, 3.63) is 60.2 Å². The van der Waals surface area contributed by atoms with Gasteiger partial charge in [-0.05, 0) is 36.6 Å². The van der Waals surface area contributed by atoms with Gasteiger partial charge in [0.1, 0.15) is 11.5 Å². The largest absolute Gasteiger partial charge is 0.550 e. The summed E-state index contributed by atoms with van der Waals surface area (Å²) in [6.45, 7) is 0. The molecule has 3 heteroatoms. The highest BCUT2D eigenvalue weighted by molar-refractivity contribution is 5.64. The molecule has 0 fully saturated rings. The first kappa shape index (κ1) is 12.2. The zero-order valence-electron chi connectivity index (χ0n) is 9.84. The lowest BCUT2D eigenvalue weighted by atomic mass is 10.1. The van der Waals surface area contributed by atoms with E-state index >= 15 is 0 Å². The Morgan fingerprint density at radius 2 is 1.67 bits per heavy atom. The first-order chi connectivity index (χ1) is 8.75. The van der Waals surface area contributed by atoms with Crippen LogP contribution >= 0.6 is 0 Å². The van der Waals surface area contributed by atoms with Gasteiger partial charge < -0.3 is 14.6 Å². The van der Waals surface area contributed by atoms with Gasteiger partial charge in [-0.25, -0.2) is 0 Å². The van der Waals surface area contributed by atoms with E-state index in [1.807, 2.05) is 54.6 Å². The minimum atomic E-state index is -1.05. The molecule has 0 amide bonds. The van der Waals surface area contributed by atoms with Crippen molar-refractivity contribution in [2.45, 2.75) is 12.8 Å². The standard InChI is InChI=1S/C15H14O3/c16-15(17)11-10-12-6-4-5-9-14(12)18-13-7-2-1-3-8-13/h1-9H,10-11H2,(H,16,17)/p-1. The van der Waals surface area contributed by atoms with Crippen molar-refractivity contribution in [2.75, 3.05) is 0 Å². The molecule has 2 aromatic carbocycles. The van der Waals surface area contributed by atoms with Crippen molar-refractivity contribution in [3.8, 4) is 11.5 Å². The van der Waals surface area contributed by atoms with Crippen LogP contribution in [0.2, 0.25) is 0 Å². The predicted molar refractivity (Wildman–Crippen MR) is 66.3 cm³/mol. The summed E-state index contributed by atoms with van der Waals surface area (Å²) in [5, 5.41) is 10.5. The number of hydrogen-bond donors (Lipinski definition) is 0. The number of ether oxygens (including phenoxy) is 1. The molecule has 0 saturated carbocycles. The minimum absolute atomic E-state index is 0.00480. The molecule has 0 aliphatic carbocycles. The number of aryl methyl sites for hydroxylation is 1. The summed E-state index contributed by atoms with van der Waals surface area (Å²) in [5.74, 6) is 0.368. The van der Waals surface area contributed by atoms with Crippen LogP contribution in [0.3, 0.4) is 0 Å². The lowest BCUT2D eigenvalue weighted by molar-refractivity contribution is -0.305. The van der Waals surface area contributed by atoms with Gasteiger partial charge in [0.05, 0.1) is 0 Å². The molecular weight excluding hydrogens is 228 g/mol. The number of carbonyl (C=O) groups is 1. The van der Waals surface area contributed by atoms with Crippen LogP contribution < -0.4 is 9.84 Å². The zero-order valence-corrected chi connectivity index (χ0v) is 9.84. The van der Waals surface area contributed by atoms with Crippen LogP contribution in [-0.4, -0.2) is 5.97 Å². The molecule has 3 nitrogen and oxygen atoms in total. The Labute approximate surface area is 106 Å². The molecule has 92 valence electrons. The van der Waals surface area contributed by atoms with Gasteiger partial charge >= 0.3 is 0 Å². The van der Waals surface area contributed by atoms with Gasteiger partial charge in [0, 0.05) is 5.97 Å². The van der Waals surface area contributed by atoms with Crippen LogP contribution in [0.5, 0.6) is 11.5 Å². The van der Waals surface area contributed by atoms with Crippen LogP contribution in [0.25, 0.3) is 0 Å². The molecule has 0 spiro atoms. The first-order valence-electron chi connectivity index (χ1n) is 5.76. The number of para-hydroxylation sites is 2. The molecule has 18 heavy (non-hydrogen) atoms. The van der Waals surface area contributed by atoms with Crippen molar-refractivity contribution in [3.63, 3.8) is 0 Å². The number of carbonyl (C=O) groups excluding carboxylic acids is 1. The Morgan fingerprint density at radius 3 is 2.39 bits per heavy atom. The summed E-state index contributed by atoms with van der Waals surface area (Å²) in [7, 11) is 0. The van der Waals surface area contributed by atoms with Crippen molar-refractivity contribution in [1.82, 2.24) is 0 Å². The third-order valence-corrected chi connectivity index (χ3v) is 2.54. The fraction of sp³-hybridized carbons (Fsp3) is 0.133. The zero-order chi connectivity index (χ0) is 12.8. The monoisotopic (exact) mass is 241 g/mol. The highest BCUT2D eigenvalue weighted by atomic mass is 16.5. The summed E-state index contributed by atoms with van der Waals surface area (Å²) in [4.78, 5) is 10.5. The number of aliphatic carboxylic acids is 1. The van der Waals surface area contributed by atoms with Gasteiger partial charge in [0.15, 0.2) is 0 Å².